The number of rotatable bonds is 51. The Kier molecular flexibility index (Phi) is 48.3. The maximum Gasteiger partial charge on any atom is 0.220 e. The van der Waals surface area contributed by atoms with Gasteiger partial charge >= 0.3 is 0 Å². The number of nitrogens with one attached hydrogen (secondary N) is 1. The van der Waals surface area contributed by atoms with Crippen LogP contribution in [-0.2, 0) is 23.7 Å². The first kappa shape index (κ1) is 75.7. The lowest BCUT2D eigenvalue weighted by atomic mass is 9.97. The lowest BCUT2D eigenvalue weighted by Gasteiger charge is -2.46. The van der Waals surface area contributed by atoms with Gasteiger partial charge in [0.05, 0.1) is 32.0 Å². The second kappa shape index (κ2) is 52.9. The van der Waals surface area contributed by atoms with E-state index in [1.165, 1.54) is 103 Å². The summed E-state index contributed by atoms with van der Waals surface area (Å²) in [6.07, 6.45) is 58.4. The number of aliphatic hydroxyl groups is 8. The summed E-state index contributed by atoms with van der Waals surface area (Å²) in [7, 11) is 0. The molecule has 0 radical (unpaired) electrons. The molecule has 14 nitrogen and oxygen atoms in total. The van der Waals surface area contributed by atoms with E-state index in [2.05, 4.69) is 116 Å². The lowest BCUT2D eigenvalue weighted by Crippen LogP contribution is -2.65. The first-order valence-corrected chi connectivity index (χ1v) is 32.6. The summed E-state index contributed by atoms with van der Waals surface area (Å²) >= 11 is 0. The van der Waals surface area contributed by atoms with Gasteiger partial charge in [0.2, 0.25) is 5.91 Å². The zero-order valence-corrected chi connectivity index (χ0v) is 51.4. The molecule has 0 aromatic carbocycles. The van der Waals surface area contributed by atoms with Crippen molar-refractivity contribution >= 4 is 5.91 Å². The topological polar surface area (TPSA) is 228 Å². The molecule has 14 heteroatoms. The minimum atomic E-state index is -1.80. The van der Waals surface area contributed by atoms with Gasteiger partial charge in [0.25, 0.3) is 0 Å². The molecule has 2 aliphatic rings. The van der Waals surface area contributed by atoms with Crippen molar-refractivity contribution in [2.24, 2.45) is 0 Å². The Morgan fingerprint density at radius 2 is 0.843 bits per heavy atom. The van der Waals surface area contributed by atoms with Crippen LogP contribution >= 0.6 is 0 Å². The molecule has 476 valence electrons. The van der Waals surface area contributed by atoms with Crippen molar-refractivity contribution < 1.29 is 64.6 Å². The third-order valence-electron chi connectivity index (χ3n) is 15.2. The van der Waals surface area contributed by atoms with E-state index < -0.39 is 86.8 Å². The van der Waals surface area contributed by atoms with Gasteiger partial charge in [-0.25, -0.2) is 0 Å². The van der Waals surface area contributed by atoms with E-state index in [0.717, 1.165) is 89.9 Å². The van der Waals surface area contributed by atoms with E-state index in [-0.39, 0.29) is 18.9 Å². The number of hydrogen-bond acceptors (Lipinski definition) is 13. The molecular formula is C69H117NO13. The Hall–Kier alpha value is -3.35. The van der Waals surface area contributed by atoms with Crippen LogP contribution < -0.4 is 5.32 Å². The predicted octanol–water partition coefficient (Wildman–Crippen LogP) is 12.4. The number of ether oxygens (including phenoxy) is 4. The van der Waals surface area contributed by atoms with Crippen molar-refractivity contribution in [1.82, 2.24) is 5.32 Å². The van der Waals surface area contributed by atoms with Crippen LogP contribution in [0.25, 0.3) is 0 Å². The van der Waals surface area contributed by atoms with Crippen LogP contribution in [-0.4, -0.2) is 140 Å². The summed E-state index contributed by atoms with van der Waals surface area (Å²) in [5.41, 5.74) is 0. The van der Waals surface area contributed by atoms with Crippen LogP contribution in [0.3, 0.4) is 0 Å². The summed E-state index contributed by atoms with van der Waals surface area (Å²) in [4.78, 5) is 13.3. The van der Waals surface area contributed by atoms with E-state index in [1.807, 2.05) is 6.08 Å². The molecule has 1 amide bonds. The van der Waals surface area contributed by atoms with Crippen LogP contribution in [0.15, 0.2) is 109 Å². The van der Waals surface area contributed by atoms with Gasteiger partial charge in [0.1, 0.15) is 48.8 Å². The largest absolute Gasteiger partial charge is 0.394 e. The highest BCUT2D eigenvalue weighted by Crippen LogP contribution is 2.30. The Morgan fingerprint density at radius 3 is 1.33 bits per heavy atom. The Bertz CT molecular complexity index is 1810. The number of carbonyl (C=O) groups excluding carboxylic acids is 1. The van der Waals surface area contributed by atoms with Crippen LogP contribution in [0.5, 0.6) is 0 Å². The average molecular weight is 1170 g/mol. The normalized spacial score (nSPS) is 24.6. The fourth-order valence-electron chi connectivity index (χ4n) is 9.97. The fraction of sp³-hybridized carbons (Fsp3) is 0.725. The number of amides is 1. The second-order valence-corrected chi connectivity index (χ2v) is 22.5. The number of hydrogen-bond donors (Lipinski definition) is 9. The van der Waals surface area contributed by atoms with Crippen LogP contribution in [0.2, 0.25) is 0 Å². The van der Waals surface area contributed by atoms with Gasteiger partial charge < -0.3 is 65.1 Å². The van der Waals surface area contributed by atoms with Gasteiger partial charge in [0.15, 0.2) is 12.6 Å². The Morgan fingerprint density at radius 1 is 0.446 bits per heavy atom. The number of aliphatic hydroxyl groups excluding tert-OH is 8. The molecule has 2 fully saturated rings. The summed E-state index contributed by atoms with van der Waals surface area (Å²) in [5.74, 6) is -0.260. The predicted molar refractivity (Wildman–Crippen MR) is 336 cm³/mol. The summed E-state index contributed by atoms with van der Waals surface area (Å²) < 4.78 is 22.8. The van der Waals surface area contributed by atoms with E-state index in [4.69, 9.17) is 18.9 Å². The highest BCUT2D eigenvalue weighted by Gasteiger charge is 2.51. The molecule has 83 heavy (non-hydrogen) atoms. The third kappa shape index (κ3) is 37.7. The van der Waals surface area contributed by atoms with Crippen molar-refractivity contribution in [3.05, 3.63) is 109 Å². The third-order valence-corrected chi connectivity index (χ3v) is 15.2. The Balaban J connectivity index is 1.71. The molecule has 0 aromatic rings. The van der Waals surface area contributed by atoms with Gasteiger partial charge in [-0.05, 0) is 96.3 Å². The number of allylic oxidation sites excluding steroid dienone is 17. The van der Waals surface area contributed by atoms with Crippen molar-refractivity contribution in [1.29, 1.82) is 0 Å². The fourth-order valence-corrected chi connectivity index (χ4v) is 9.97. The van der Waals surface area contributed by atoms with Gasteiger partial charge in [-0.3, -0.25) is 4.79 Å². The molecule has 12 unspecified atom stereocenters. The van der Waals surface area contributed by atoms with Crippen molar-refractivity contribution in [2.75, 3.05) is 19.8 Å². The van der Waals surface area contributed by atoms with E-state index in [9.17, 15) is 45.6 Å². The second-order valence-electron chi connectivity index (χ2n) is 22.5. The summed E-state index contributed by atoms with van der Waals surface area (Å²) in [5, 5.41) is 87.2. The highest BCUT2D eigenvalue weighted by molar-refractivity contribution is 5.76. The molecule has 12 atom stereocenters. The lowest BCUT2D eigenvalue weighted by molar-refractivity contribution is -0.359. The molecule has 2 aliphatic heterocycles. The number of unbranched alkanes of at least 4 members (excludes halogenated alkanes) is 22. The van der Waals surface area contributed by atoms with Crippen molar-refractivity contribution in [3.63, 3.8) is 0 Å². The summed E-state index contributed by atoms with van der Waals surface area (Å²) in [6.45, 7) is 2.65. The van der Waals surface area contributed by atoms with Gasteiger partial charge in [-0.15, -0.1) is 0 Å². The molecule has 2 rings (SSSR count). The monoisotopic (exact) mass is 1170 g/mol. The van der Waals surface area contributed by atoms with Gasteiger partial charge in [-0.1, -0.05) is 232 Å². The first-order valence-electron chi connectivity index (χ1n) is 32.6. The maximum absolute atomic E-state index is 13.3. The number of carbonyl (C=O) groups is 1. The smallest absolute Gasteiger partial charge is 0.220 e. The van der Waals surface area contributed by atoms with Crippen LogP contribution in [0.1, 0.15) is 226 Å². The molecule has 0 saturated carbocycles. The maximum atomic E-state index is 13.3. The Labute approximate surface area is 502 Å². The molecule has 9 N–H and O–H groups in total. The SMILES string of the molecule is CC/C=C\C/C=C\C/C=C\C/C=C\C/C=C\C/C=C\CCCCCCCCCCCCCCC(=O)NC(COC1OC(CO)C(OC2OC(CO)C(O)C(O)C2O)C(O)C1O)C(O)/C=C/CC/C=C/CC/C=C/CCCCCCCCCC. The zero-order chi connectivity index (χ0) is 60.2. The summed E-state index contributed by atoms with van der Waals surface area (Å²) in [6, 6.07) is -0.946. The zero-order valence-electron chi connectivity index (χ0n) is 51.4. The van der Waals surface area contributed by atoms with Gasteiger partial charge in [-0.2, -0.15) is 0 Å². The molecule has 0 aliphatic carbocycles. The van der Waals surface area contributed by atoms with E-state index in [1.54, 1.807) is 6.08 Å². The molecule has 2 heterocycles. The van der Waals surface area contributed by atoms with Crippen LogP contribution in [0, 0.1) is 0 Å². The molecule has 0 bridgehead atoms. The van der Waals surface area contributed by atoms with Crippen LogP contribution in [0.4, 0.5) is 0 Å². The highest BCUT2D eigenvalue weighted by atomic mass is 16.7. The quantitative estimate of drug-likeness (QED) is 0.0204. The van der Waals surface area contributed by atoms with Crippen molar-refractivity contribution in [2.45, 2.75) is 299 Å². The molecule has 0 aromatic heterocycles. The standard InChI is InChI=1S/C69H117NO13/c1-3-5-7-9-11-13-15-17-19-21-23-24-25-26-27-28-29-30-31-32-33-34-35-37-39-41-43-45-47-49-51-53-61(74)70-57(58(73)52-50-48-46-44-42-40-38-36-22-20-18-16-14-12-10-8-6-4-2)56-80-68-66(79)64(77)67(60(55-72)82-68)83-69-65(78)63(76)62(75)59(54-71)81-69/h5,7,11,13,17,19,22-24,26-27,29-30,36,42,44,50,52,57-60,62-69,71-73,75-79H,3-4,6,8-10,12,14-16,18,20-21,25,28,31-35,37-41,43,45-49,51,53-56H2,1-2H3,(H,70,74)/b7-5-,13-11-,19-17-,24-23-,27-26-,30-29-,36-22+,44-42+,52-50+. The minimum absolute atomic E-state index is 0.260. The van der Waals surface area contributed by atoms with E-state index in [0.29, 0.717) is 12.8 Å². The van der Waals surface area contributed by atoms with Gasteiger partial charge in [0, 0.05) is 6.42 Å². The molecule has 2 saturated heterocycles. The molecule has 0 spiro atoms. The average Bonchev–Trinajstić information content (AvgIpc) is 3.64. The molecular weight excluding hydrogens is 1050 g/mol. The minimum Gasteiger partial charge on any atom is -0.394 e. The van der Waals surface area contributed by atoms with E-state index >= 15 is 0 Å². The van der Waals surface area contributed by atoms with Crippen molar-refractivity contribution in [3.8, 4) is 0 Å². The first-order chi connectivity index (χ1) is 40.6.